The van der Waals surface area contributed by atoms with Crippen LogP contribution in [0.5, 0.6) is 0 Å². The molecule has 2 N–H and O–H groups in total. The lowest BCUT2D eigenvalue weighted by Crippen LogP contribution is -2.31. The lowest BCUT2D eigenvalue weighted by molar-refractivity contribution is 0.558. The molecule has 0 atom stereocenters. The van der Waals surface area contributed by atoms with E-state index in [0.717, 1.165) is 43.5 Å². The molecular formula is C18H24FN5O2S. The van der Waals surface area contributed by atoms with Crippen molar-refractivity contribution in [1.29, 1.82) is 0 Å². The number of aryl methyl sites for hydroxylation is 1. The zero-order chi connectivity index (χ0) is 19.3. The fourth-order valence-electron chi connectivity index (χ4n) is 3.02. The second-order valence-corrected chi connectivity index (χ2v) is 8.23. The SMILES string of the molecule is Cc1cc(N2CCCCC2)nc(NCCNS(=O)(=O)c2ccccc2F)n1. The van der Waals surface area contributed by atoms with Crippen LogP contribution in [0.4, 0.5) is 16.2 Å². The highest BCUT2D eigenvalue weighted by molar-refractivity contribution is 7.89. The van der Waals surface area contributed by atoms with Crippen molar-refractivity contribution >= 4 is 21.8 Å². The molecule has 1 fully saturated rings. The van der Waals surface area contributed by atoms with Gasteiger partial charge >= 0.3 is 0 Å². The van der Waals surface area contributed by atoms with E-state index in [1.165, 1.54) is 24.6 Å². The Morgan fingerprint density at radius 2 is 1.85 bits per heavy atom. The molecule has 0 unspecified atom stereocenters. The second-order valence-electron chi connectivity index (χ2n) is 6.49. The molecule has 0 aliphatic carbocycles. The molecule has 1 aliphatic heterocycles. The standard InChI is InChI=1S/C18H24FN5O2S/c1-14-13-17(24-11-5-2-6-12-24)23-18(22-14)20-9-10-21-27(25,26)16-8-4-3-7-15(16)19/h3-4,7-8,13,21H,2,5-6,9-12H2,1H3,(H,20,22,23). The first-order chi connectivity index (χ1) is 13.0. The van der Waals surface area contributed by atoms with Crippen LogP contribution in [0.1, 0.15) is 25.0 Å². The third-order valence-corrected chi connectivity index (χ3v) is 5.84. The third kappa shape index (κ3) is 5.14. The predicted octanol–water partition coefficient (Wildman–Crippen LogP) is 2.30. The molecule has 0 radical (unpaired) electrons. The van der Waals surface area contributed by atoms with Crippen molar-refractivity contribution < 1.29 is 12.8 Å². The molecule has 0 bridgehead atoms. The van der Waals surface area contributed by atoms with Gasteiger partial charge in [-0.05, 0) is 38.3 Å². The zero-order valence-corrected chi connectivity index (χ0v) is 16.1. The molecule has 9 heteroatoms. The molecule has 0 saturated carbocycles. The lowest BCUT2D eigenvalue weighted by atomic mass is 10.1. The Balaban J connectivity index is 1.57. The van der Waals surface area contributed by atoms with Gasteiger partial charge in [-0.25, -0.2) is 22.5 Å². The summed E-state index contributed by atoms with van der Waals surface area (Å²) in [6.45, 7) is 4.25. The first-order valence-electron chi connectivity index (χ1n) is 9.04. The highest BCUT2D eigenvalue weighted by Gasteiger charge is 2.18. The maximum absolute atomic E-state index is 13.7. The number of hydrogen-bond acceptors (Lipinski definition) is 6. The summed E-state index contributed by atoms with van der Waals surface area (Å²) in [6, 6.07) is 7.25. The molecule has 1 aromatic carbocycles. The van der Waals surface area contributed by atoms with E-state index in [2.05, 4.69) is 24.9 Å². The van der Waals surface area contributed by atoms with E-state index >= 15 is 0 Å². The number of piperidine rings is 1. The summed E-state index contributed by atoms with van der Waals surface area (Å²) >= 11 is 0. The molecule has 1 aliphatic rings. The number of rotatable bonds is 7. The van der Waals surface area contributed by atoms with Crippen LogP contribution in [0, 0.1) is 12.7 Å². The largest absolute Gasteiger partial charge is 0.356 e. The molecule has 0 spiro atoms. The van der Waals surface area contributed by atoms with Crippen LogP contribution >= 0.6 is 0 Å². The van der Waals surface area contributed by atoms with Gasteiger partial charge in [-0.15, -0.1) is 0 Å². The van der Waals surface area contributed by atoms with Gasteiger partial charge in [-0.1, -0.05) is 12.1 Å². The van der Waals surface area contributed by atoms with Crippen LogP contribution in [-0.2, 0) is 10.0 Å². The van der Waals surface area contributed by atoms with E-state index in [1.54, 1.807) is 0 Å². The topological polar surface area (TPSA) is 87.2 Å². The number of anilines is 2. The van der Waals surface area contributed by atoms with Gasteiger partial charge in [-0.3, -0.25) is 0 Å². The van der Waals surface area contributed by atoms with Crippen molar-refractivity contribution in [2.24, 2.45) is 0 Å². The molecule has 2 heterocycles. The van der Waals surface area contributed by atoms with E-state index in [0.29, 0.717) is 5.95 Å². The lowest BCUT2D eigenvalue weighted by Gasteiger charge is -2.28. The Kier molecular flexibility index (Phi) is 6.22. The fraction of sp³-hybridized carbons (Fsp3) is 0.444. The van der Waals surface area contributed by atoms with Crippen molar-refractivity contribution in [2.45, 2.75) is 31.1 Å². The monoisotopic (exact) mass is 393 g/mol. The first-order valence-corrected chi connectivity index (χ1v) is 10.5. The van der Waals surface area contributed by atoms with Crippen LogP contribution < -0.4 is 14.9 Å². The molecule has 1 aromatic heterocycles. The molecule has 3 rings (SSSR count). The summed E-state index contributed by atoms with van der Waals surface area (Å²) in [5.41, 5.74) is 0.847. The van der Waals surface area contributed by atoms with E-state index in [-0.39, 0.29) is 18.0 Å². The van der Waals surface area contributed by atoms with Crippen LogP contribution in [0.15, 0.2) is 35.2 Å². The maximum Gasteiger partial charge on any atom is 0.243 e. The van der Waals surface area contributed by atoms with Gasteiger partial charge in [0.05, 0.1) is 0 Å². The normalized spacial score (nSPS) is 15.0. The smallest absolute Gasteiger partial charge is 0.243 e. The number of hydrogen-bond donors (Lipinski definition) is 2. The van der Waals surface area contributed by atoms with Crippen LogP contribution in [0.25, 0.3) is 0 Å². The average molecular weight is 393 g/mol. The Morgan fingerprint density at radius 1 is 1.11 bits per heavy atom. The third-order valence-electron chi connectivity index (χ3n) is 4.35. The highest BCUT2D eigenvalue weighted by Crippen LogP contribution is 2.19. The molecule has 1 saturated heterocycles. The second kappa shape index (κ2) is 8.62. The predicted molar refractivity (Wildman–Crippen MR) is 103 cm³/mol. The Labute approximate surface area is 159 Å². The first kappa shape index (κ1) is 19.5. The van der Waals surface area contributed by atoms with Gasteiger partial charge in [0.25, 0.3) is 0 Å². The summed E-state index contributed by atoms with van der Waals surface area (Å²) in [5, 5.41) is 3.03. The van der Waals surface area contributed by atoms with E-state index in [4.69, 9.17) is 0 Å². The minimum atomic E-state index is -3.89. The molecule has 2 aromatic rings. The maximum atomic E-state index is 13.7. The van der Waals surface area contributed by atoms with Crippen molar-refractivity contribution in [3.63, 3.8) is 0 Å². The fourth-order valence-corrected chi connectivity index (χ4v) is 4.12. The number of aromatic nitrogens is 2. The van der Waals surface area contributed by atoms with Crippen molar-refractivity contribution in [3.8, 4) is 0 Å². The van der Waals surface area contributed by atoms with Gasteiger partial charge in [0.2, 0.25) is 16.0 Å². The van der Waals surface area contributed by atoms with Gasteiger partial charge in [0.15, 0.2) is 0 Å². The van der Waals surface area contributed by atoms with Crippen molar-refractivity contribution in [1.82, 2.24) is 14.7 Å². The Hall–Kier alpha value is -2.26. The Bertz CT molecular complexity index is 885. The number of benzene rings is 1. The molecule has 146 valence electrons. The number of nitrogens with zero attached hydrogens (tertiary/aromatic N) is 3. The van der Waals surface area contributed by atoms with Crippen LogP contribution in [0.2, 0.25) is 0 Å². The van der Waals surface area contributed by atoms with Crippen molar-refractivity contribution in [2.75, 3.05) is 36.4 Å². The quantitative estimate of drug-likeness (QED) is 0.702. The van der Waals surface area contributed by atoms with Crippen molar-refractivity contribution in [3.05, 3.63) is 41.8 Å². The summed E-state index contributed by atoms with van der Waals surface area (Å²) < 4.78 is 40.4. The summed E-state index contributed by atoms with van der Waals surface area (Å²) in [5.74, 6) is 0.573. The van der Waals surface area contributed by atoms with Crippen LogP contribution in [-0.4, -0.2) is 44.6 Å². The summed E-state index contributed by atoms with van der Waals surface area (Å²) in [6.07, 6.45) is 3.56. The van der Waals surface area contributed by atoms with Gasteiger partial charge in [0, 0.05) is 37.9 Å². The summed E-state index contributed by atoms with van der Waals surface area (Å²) in [7, 11) is -3.89. The van der Waals surface area contributed by atoms with Crippen LogP contribution in [0.3, 0.4) is 0 Å². The molecule has 7 nitrogen and oxygen atoms in total. The average Bonchev–Trinajstić information content (AvgIpc) is 2.66. The minimum absolute atomic E-state index is 0.0903. The molecular weight excluding hydrogens is 369 g/mol. The van der Waals surface area contributed by atoms with Gasteiger partial charge in [-0.2, -0.15) is 4.98 Å². The van der Waals surface area contributed by atoms with Gasteiger partial charge < -0.3 is 10.2 Å². The molecule has 27 heavy (non-hydrogen) atoms. The molecule has 0 amide bonds. The van der Waals surface area contributed by atoms with E-state index in [9.17, 15) is 12.8 Å². The Morgan fingerprint density at radius 3 is 2.59 bits per heavy atom. The number of halogens is 1. The minimum Gasteiger partial charge on any atom is -0.356 e. The highest BCUT2D eigenvalue weighted by atomic mass is 32.2. The zero-order valence-electron chi connectivity index (χ0n) is 15.3. The van der Waals surface area contributed by atoms with E-state index < -0.39 is 15.8 Å². The van der Waals surface area contributed by atoms with E-state index in [1.807, 2.05) is 13.0 Å². The number of nitrogens with one attached hydrogen (secondary N) is 2. The number of sulfonamides is 1. The van der Waals surface area contributed by atoms with Gasteiger partial charge in [0.1, 0.15) is 16.5 Å². The summed E-state index contributed by atoms with van der Waals surface area (Å²) in [4.78, 5) is 10.8.